The van der Waals surface area contributed by atoms with Gasteiger partial charge in [0.2, 0.25) is 0 Å². The van der Waals surface area contributed by atoms with E-state index in [0.29, 0.717) is 32.8 Å². The van der Waals surface area contributed by atoms with Crippen molar-refractivity contribution in [3.63, 3.8) is 0 Å². The van der Waals surface area contributed by atoms with Crippen LogP contribution in [-0.2, 0) is 0 Å². The minimum atomic E-state index is -0.457. The summed E-state index contributed by atoms with van der Waals surface area (Å²) in [5.41, 5.74) is 2.16. The van der Waals surface area contributed by atoms with Crippen molar-refractivity contribution in [2.75, 3.05) is 5.32 Å². The summed E-state index contributed by atoms with van der Waals surface area (Å²) >= 11 is 12.4. The summed E-state index contributed by atoms with van der Waals surface area (Å²) in [6.45, 7) is 7.24. The lowest BCUT2D eigenvalue weighted by molar-refractivity contribution is 0.0944. The summed E-state index contributed by atoms with van der Waals surface area (Å²) in [5, 5.41) is 10.8. The number of amides is 2. The van der Waals surface area contributed by atoms with Crippen LogP contribution in [0.2, 0.25) is 10.0 Å². The van der Waals surface area contributed by atoms with Gasteiger partial charge in [0.25, 0.3) is 11.8 Å². The van der Waals surface area contributed by atoms with E-state index in [-0.39, 0.29) is 23.2 Å². The van der Waals surface area contributed by atoms with Crippen LogP contribution in [0, 0.1) is 13.8 Å². The summed E-state index contributed by atoms with van der Waals surface area (Å²) < 4.78 is 1.38. The predicted molar refractivity (Wildman–Crippen MR) is 118 cm³/mol. The van der Waals surface area contributed by atoms with Gasteiger partial charge in [0.05, 0.1) is 22.0 Å². The van der Waals surface area contributed by atoms with Crippen molar-refractivity contribution in [3.05, 3.63) is 69.1 Å². The predicted octanol–water partition coefficient (Wildman–Crippen LogP) is 4.58. The Morgan fingerprint density at radius 3 is 2.50 bits per heavy atom. The Bertz CT molecular complexity index is 1120. The van der Waals surface area contributed by atoms with E-state index >= 15 is 0 Å². The first kappa shape index (κ1) is 21.8. The van der Waals surface area contributed by atoms with Crippen molar-refractivity contribution in [1.82, 2.24) is 20.1 Å². The lowest BCUT2D eigenvalue weighted by Gasteiger charge is -2.16. The second-order valence-electron chi connectivity index (χ2n) is 7.12. The van der Waals surface area contributed by atoms with Crippen molar-refractivity contribution in [3.8, 4) is 5.82 Å². The van der Waals surface area contributed by atoms with Crippen LogP contribution in [0.15, 0.2) is 36.5 Å². The van der Waals surface area contributed by atoms with Crippen molar-refractivity contribution in [2.45, 2.75) is 33.7 Å². The number of nitrogens with one attached hydrogen (secondary N) is 2. The SMILES string of the molecule is Cc1cc(C(=O)Nc2c(C)cc(Cl)cc2C(=O)NC(C)C)n(-c2ncccc2Cl)n1. The molecule has 0 unspecified atom stereocenters. The fourth-order valence-corrected chi connectivity index (χ4v) is 3.44. The monoisotopic (exact) mass is 445 g/mol. The van der Waals surface area contributed by atoms with E-state index in [9.17, 15) is 9.59 Å². The Morgan fingerprint density at radius 1 is 1.10 bits per heavy atom. The average Bonchev–Trinajstić information content (AvgIpc) is 3.05. The molecule has 0 spiro atoms. The Morgan fingerprint density at radius 2 is 1.83 bits per heavy atom. The number of anilines is 1. The van der Waals surface area contributed by atoms with E-state index in [1.807, 2.05) is 13.8 Å². The van der Waals surface area contributed by atoms with Gasteiger partial charge in [0, 0.05) is 17.3 Å². The number of hydrogen-bond acceptors (Lipinski definition) is 4. The molecule has 0 radical (unpaired) electrons. The molecule has 0 aliphatic rings. The minimum Gasteiger partial charge on any atom is -0.350 e. The molecule has 0 saturated carbocycles. The van der Waals surface area contributed by atoms with Gasteiger partial charge in [-0.1, -0.05) is 23.2 Å². The molecule has 3 rings (SSSR count). The first-order chi connectivity index (χ1) is 14.2. The highest BCUT2D eigenvalue weighted by Crippen LogP contribution is 2.27. The topological polar surface area (TPSA) is 88.9 Å². The van der Waals surface area contributed by atoms with E-state index in [0.717, 1.165) is 0 Å². The smallest absolute Gasteiger partial charge is 0.274 e. The van der Waals surface area contributed by atoms with Gasteiger partial charge in [-0.05, 0) is 63.6 Å². The summed E-state index contributed by atoms with van der Waals surface area (Å²) in [4.78, 5) is 30.1. The number of hydrogen-bond donors (Lipinski definition) is 2. The maximum atomic E-state index is 13.2. The standard InChI is InChI=1S/C21H21Cl2N5O2/c1-11(2)25-20(29)15-10-14(22)8-12(3)18(15)26-21(30)17-9-13(4)27-28(17)19-16(23)6-5-7-24-19/h5-11H,1-4H3,(H,25,29)(H,26,30). The van der Waals surface area contributed by atoms with Crippen LogP contribution >= 0.6 is 23.2 Å². The zero-order valence-electron chi connectivity index (χ0n) is 17.0. The van der Waals surface area contributed by atoms with Crippen LogP contribution in [0.4, 0.5) is 5.69 Å². The lowest BCUT2D eigenvalue weighted by Crippen LogP contribution is -2.31. The number of rotatable bonds is 5. The van der Waals surface area contributed by atoms with Crippen LogP contribution in [0.25, 0.3) is 5.82 Å². The Labute approximate surface area is 184 Å². The first-order valence-electron chi connectivity index (χ1n) is 9.27. The number of carbonyl (C=O) groups excluding carboxylic acids is 2. The van der Waals surface area contributed by atoms with Gasteiger partial charge in [0.1, 0.15) is 5.69 Å². The third-order valence-corrected chi connectivity index (χ3v) is 4.72. The van der Waals surface area contributed by atoms with Gasteiger partial charge >= 0.3 is 0 Å². The highest BCUT2D eigenvalue weighted by molar-refractivity contribution is 6.32. The zero-order chi connectivity index (χ0) is 22.0. The molecule has 0 bridgehead atoms. The molecule has 7 nitrogen and oxygen atoms in total. The number of pyridine rings is 1. The maximum Gasteiger partial charge on any atom is 0.274 e. The quantitative estimate of drug-likeness (QED) is 0.601. The lowest BCUT2D eigenvalue weighted by atomic mass is 10.1. The fourth-order valence-electron chi connectivity index (χ4n) is 2.96. The highest BCUT2D eigenvalue weighted by Gasteiger charge is 2.22. The zero-order valence-corrected chi connectivity index (χ0v) is 18.5. The third-order valence-electron chi connectivity index (χ3n) is 4.21. The van der Waals surface area contributed by atoms with Gasteiger partial charge < -0.3 is 10.6 Å². The Hall–Kier alpha value is -2.90. The summed E-state index contributed by atoms with van der Waals surface area (Å²) in [6.07, 6.45) is 1.57. The van der Waals surface area contributed by atoms with Crippen LogP contribution in [0.5, 0.6) is 0 Å². The molecule has 9 heteroatoms. The number of nitrogens with zero attached hydrogens (tertiary/aromatic N) is 3. The molecule has 0 saturated heterocycles. The number of benzene rings is 1. The molecule has 1 aromatic carbocycles. The maximum absolute atomic E-state index is 13.2. The Kier molecular flexibility index (Phi) is 6.43. The second-order valence-corrected chi connectivity index (χ2v) is 7.96. The number of aryl methyl sites for hydroxylation is 2. The third kappa shape index (κ3) is 4.63. The molecule has 2 N–H and O–H groups in total. The largest absolute Gasteiger partial charge is 0.350 e. The van der Waals surface area contributed by atoms with Crippen LogP contribution in [-0.4, -0.2) is 32.6 Å². The normalized spacial score (nSPS) is 10.9. The van der Waals surface area contributed by atoms with Crippen LogP contribution in [0.1, 0.15) is 46.0 Å². The highest BCUT2D eigenvalue weighted by atomic mass is 35.5. The summed E-state index contributed by atoms with van der Waals surface area (Å²) in [7, 11) is 0. The van der Waals surface area contributed by atoms with E-state index in [1.54, 1.807) is 44.3 Å². The van der Waals surface area contributed by atoms with Crippen molar-refractivity contribution < 1.29 is 9.59 Å². The molecular formula is C21H21Cl2N5O2. The number of carbonyl (C=O) groups is 2. The van der Waals surface area contributed by atoms with E-state index < -0.39 is 5.91 Å². The molecule has 2 heterocycles. The molecule has 0 fully saturated rings. The van der Waals surface area contributed by atoms with E-state index in [1.165, 1.54) is 10.7 Å². The molecule has 156 valence electrons. The molecule has 2 aromatic heterocycles. The van der Waals surface area contributed by atoms with Crippen molar-refractivity contribution in [1.29, 1.82) is 0 Å². The minimum absolute atomic E-state index is 0.0734. The molecule has 3 aromatic rings. The van der Waals surface area contributed by atoms with Gasteiger partial charge in [0.15, 0.2) is 5.82 Å². The van der Waals surface area contributed by atoms with E-state index in [4.69, 9.17) is 23.2 Å². The molecule has 0 aliphatic heterocycles. The molecule has 0 aliphatic carbocycles. The van der Waals surface area contributed by atoms with Gasteiger partial charge in [-0.25, -0.2) is 9.67 Å². The average molecular weight is 446 g/mol. The summed E-state index contributed by atoms with van der Waals surface area (Å²) in [6, 6.07) is 8.12. The number of halogens is 2. The molecule has 0 atom stereocenters. The van der Waals surface area contributed by atoms with Crippen LogP contribution < -0.4 is 10.6 Å². The fraction of sp³-hybridized carbons (Fsp3) is 0.238. The Balaban J connectivity index is 2.02. The van der Waals surface area contributed by atoms with E-state index in [2.05, 4.69) is 20.7 Å². The van der Waals surface area contributed by atoms with Crippen molar-refractivity contribution >= 4 is 40.7 Å². The van der Waals surface area contributed by atoms with Crippen molar-refractivity contribution in [2.24, 2.45) is 0 Å². The van der Waals surface area contributed by atoms with Crippen LogP contribution in [0.3, 0.4) is 0 Å². The number of aromatic nitrogens is 3. The molecular weight excluding hydrogens is 425 g/mol. The molecule has 2 amide bonds. The summed E-state index contributed by atoms with van der Waals surface area (Å²) in [5.74, 6) is -0.451. The van der Waals surface area contributed by atoms with Gasteiger partial charge in [-0.3, -0.25) is 9.59 Å². The first-order valence-corrected chi connectivity index (χ1v) is 10.0. The van der Waals surface area contributed by atoms with Gasteiger partial charge in [-0.15, -0.1) is 0 Å². The van der Waals surface area contributed by atoms with Gasteiger partial charge in [-0.2, -0.15) is 5.10 Å². The molecule has 30 heavy (non-hydrogen) atoms. The second kappa shape index (κ2) is 8.85.